The summed E-state index contributed by atoms with van der Waals surface area (Å²) < 4.78 is 19.8. The van der Waals surface area contributed by atoms with E-state index in [2.05, 4.69) is 0 Å². The molecule has 18 heavy (non-hydrogen) atoms. The third kappa shape index (κ3) is 1.65. The Kier molecular flexibility index (Phi) is 2.86. The lowest BCUT2D eigenvalue weighted by Gasteiger charge is -2.37. The zero-order chi connectivity index (χ0) is 12.6. The van der Waals surface area contributed by atoms with Gasteiger partial charge in [0.25, 0.3) is 0 Å². The maximum Gasteiger partial charge on any atom is 0.138 e. The van der Waals surface area contributed by atoms with Gasteiger partial charge in [0.05, 0.1) is 11.6 Å². The molecule has 0 radical (unpaired) electrons. The monoisotopic (exact) mass is 247 g/mol. The molecular weight excluding hydrogens is 229 g/mol. The molecule has 0 atom stereocenters. The van der Waals surface area contributed by atoms with Gasteiger partial charge in [-0.3, -0.25) is 0 Å². The molecule has 1 aromatic carbocycles. The number of rotatable bonds is 2. The lowest BCUT2D eigenvalue weighted by molar-refractivity contribution is 0.292. The second-order valence-electron chi connectivity index (χ2n) is 5.30. The van der Waals surface area contributed by atoms with Crippen molar-refractivity contribution in [3.05, 3.63) is 35.8 Å². The van der Waals surface area contributed by atoms with Gasteiger partial charge in [0.1, 0.15) is 11.4 Å². The first-order valence-electron chi connectivity index (χ1n) is 6.63. The molecule has 1 aliphatic rings. The van der Waals surface area contributed by atoms with Crippen molar-refractivity contribution in [1.82, 2.24) is 0 Å². The average Bonchev–Trinajstić information content (AvgIpc) is 2.89. The molecule has 3 heteroatoms. The summed E-state index contributed by atoms with van der Waals surface area (Å²) in [6.45, 7) is 0.521. The number of nitrogens with two attached hydrogens (primary N) is 1. The Balaban J connectivity index is 2.14. The first kappa shape index (κ1) is 11.7. The van der Waals surface area contributed by atoms with Crippen LogP contribution in [0.5, 0.6) is 0 Å². The second-order valence-corrected chi connectivity index (χ2v) is 5.30. The standard InChI is InChI=1S/C15H18FNO/c16-14-11-6-9-18-13(11)5-4-12(14)15(10-17)7-2-1-3-8-15/h4-6,9H,1-3,7-8,10,17H2. The molecule has 3 rings (SSSR count). The fourth-order valence-corrected chi connectivity index (χ4v) is 3.23. The maximum atomic E-state index is 14.6. The molecule has 0 aliphatic heterocycles. The number of benzene rings is 1. The predicted octanol–water partition coefficient (Wildman–Crippen LogP) is 3.73. The summed E-state index contributed by atoms with van der Waals surface area (Å²) in [4.78, 5) is 0. The zero-order valence-electron chi connectivity index (χ0n) is 10.4. The van der Waals surface area contributed by atoms with Crippen LogP contribution in [0.15, 0.2) is 28.9 Å². The molecule has 0 amide bonds. The fraction of sp³-hybridized carbons (Fsp3) is 0.467. The van der Waals surface area contributed by atoms with Crippen LogP contribution in [0, 0.1) is 5.82 Å². The van der Waals surface area contributed by atoms with Crippen molar-refractivity contribution in [1.29, 1.82) is 0 Å². The van der Waals surface area contributed by atoms with Gasteiger partial charge in [-0.15, -0.1) is 0 Å². The van der Waals surface area contributed by atoms with E-state index < -0.39 is 0 Å². The molecule has 96 valence electrons. The predicted molar refractivity (Wildman–Crippen MR) is 70.0 cm³/mol. The quantitative estimate of drug-likeness (QED) is 0.878. The van der Waals surface area contributed by atoms with E-state index in [0.29, 0.717) is 17.5 Å². The minimum atomic E-state index is -0.173. The third-order valence-corrected chi connectivity index (χ3v) is 4.34. The van der Waals surface area contributed by atoms with E-state index in [-0.39, 0.29) is 11.2 Å². The van der Waals surface area contributed by atoms with Crippen LogP contribution in [0.1, 0.15) is 37.7 Å². The van der Waals surface area contributed by atoms with E-state index in [0.717, 1.165) is 31.2 Å². The highest BCUT2D eigenvalue weighted by Crippen LogP contribution is 2.41. The molecule has 0 unspecified atom stereocenters. The largest absolute Gasteiger partial charge is 0.464 e. The van der Waals surface area contributed by atoms with Crippen LogP contribution in [-0.4, -0.2) is 6.54 Å². The number of furan rings is 1. The van der Waals surface area contributed by atoms with E-state index in [1.165, 1.54) is 12.7 Å². The first-order chi connectivity index (χ1) is 8.77. The normalized spacial score (nSPS) is 19.2. The minimum absolute atomic E-state index is 0.145. The van der Waals surface area contributed by atoms with Crippen molar-refractivity contribution in [3.63, 3.8) is 0 Å². The molecule has 0 saturated heterocycles. The number of fused-ring (bicyclic) bond motifs is 1. The minimum Gasteiger partial charge on any atom is -0.464 e. The summed E-state index contributed by atoms with van der Waals surface area (Å²) in [6.07, 6.45) is 7.03. The van der Waals surface area contributed by atoms with Crippen molar-refractivity contribution in [2.75, 3.05) is 6.54 Å². The Labute approximate surface area is 106 Å². The highest BCUT2D eigenvalue weighted by Gasteiger charge is 2.35. The van der Waals surface area contributed by atoms with E-state index >= 15 is 0 Å². The zero-order valence-corrected chi connectivity index (χ0v) is 10.4. The van der Waals surface area contributed by atoms with Gasteiger partial charge < -0.3 is 10.2 Å². The summed E-state index contributed by atoms with van der Waals surface area (Å²) in [7, 11) is 0. The van der Waals surface area contributed by atoms with Crippen molar-refractivity contribution >= 4 is 11.0 Å². The van der Waals surface area contributed by atoms with Gasteiger partial charge in [0, 0.05) is 12.0 Å². The highest BCUT2D eigenvalue weighted by molar-refractivity contribution is 5.79. The smallest absolute Gasteiger partial charge is 0.138 e. The summed E-state index contributed by atoms with van der Waals surface area (Å²) in [6, 6.07) is 5.42. The molecule has 1 aromatic heterocycles. The molecular formula is C15H18FNO. The van der Waals surface area contributed by atoms with Gasteiger partial charge in [-0.2, -0.15) is 0 Å². The fourth-order valence-electron chi connectivity index (χ4n) is 3.23. The van der Waals surface area contributed by atoms with E-state index in [9.17, 15) is 4.39 Å². The SMILES string of the molecule is NCC1(c2ccc3occc3c2F)CCCCC1. The Morgan fingerprint density at radius 3 is 2.67 bits per heavy atom. The van der Waals surface area contributed by atoms with Gasteiger partial charge in [0.15, 0.2) is 0 Å². The lowest BCUT2D eigenvalue weighted by Crippen LogP contribution is -2.38. The van der Waals surface area contributed by atoms with Gasteiger partial charge in [0.2, 0.25) is 0 Å². The van der Waals surface area contributed by atoms with E-state index in [1.54, 1.807) is 6.07 Å². The molecule has 1 saturated carbocycles. The maximum absolute atomic E-state index is 14.6. The van der Waals surface area contributed by atoms with Gasteiger partial charge >= 0.3 is 0 Å². The molecule has 1 aliphatic carbocycles. The molecule has 0 spiro atoms. The van der Waals surface area contributed by atoms with Crippen LogP contribution >= 0.6 is 0 Å². The van der Waals surface area contributed by atoms with Gasteiger partial charge in [-0.25, -0.2) is 4.39 Å². The molecule has 2 nitrogen and oxygen atoms in total. The number of hydrogen-bond donors (Lipinski definition) is 1. The summed E-state index contributed by atoms with van der Waals surface area (Å²) in [5.41, 5.74) is 7.18. The summed E-state index contributed by atoms with van der Waals surface area (Å²) in [5.74, 6) is -0.145. The van der Waals surface area contributed by atoms with Crippen LogP contribution in [0.25, 0.3) is 11.0 Å². The average molecular weight is 247 g/mol. The Morgan fingerprint density at radius 2 is 1.94 bits per heavy atom. The topological polar surface area (TPSA) is 39.2 Å². The Morgan fingerprint density at radius 1 is 1.17 bits per heavy atom. The summed E-state index contributed by atoms with van der Waals surface area (Å²) in [5, 5.41) is 0.575. The van der Waals surface area contributed by atoms with Crippen LogP contribution in [0.4, 0.5) is 4.39 Å². The third-order valence-electron chi connectivity index (χ3n) is 4.34. The number of halogens is 1. The Bertz CT molecular complexity index is 555. The summed E-state index contributed by atoms with van der Waals surface area (Å²) >= 11 is 0. The second kappa shape index (κ2) is 4.39. The molecule has 2 N–H and O–H groups in total. The van der Waals surface area contributed by atoms with Crippen LogP contribution in [0.3, 0.4) is 0 Å². The van der Waals surface area contributed by atoms with Crippen LogP contribution in [-0.2, 0) is 5.41 Å². The van der Waals surface area contributed by atoms with Crippen LogP contribution < -0.4 is 5.73 Å². The number of hydrogen-bond acceptors (Lipinski definition) is 2. The molecule has 1 heterocycles. The Hall–Kier alpha value is -1.35. The highest BCUT2D eigenvalue weighted by atomic mass is 19.1. The van der Waals surface area contributed by atoms with Crippen molar-refractivity contribution in [2.24, 2.45) is 5.73 Å². The van der Waals surface area contributed by atoms with Crippen molar-refractivity contribution < 1.29 is 8.81 Å². The van der Waals surface area contributed by atoms with Crippen molar-refractivity contribution in [3.8, 4) is 0 Å². The van der Waals surface area contributed by atoms with Crippen LogP contribution in [0.2, 0.25) is 0 Å². The lowest BCUT2D eigenvalue weighted by atomic mass is 9.69. The van der Waals surface area contributed by atoms with E-state index in [1.807, 2.05) is 12.1 Å². The first-order valence-corrected chi connectivity index (χ1v) is 6.63. The molecule has 0 bridgehead atoms. The molecule has 1 fully saturated rings. The van der Waals surface area contributed by atoms with Gasteiger partial charge in [-0.1, -0.05) is 25.3 Å². The van der Waals surface area contributed by atoms with E-state index in [4.69, 9.17) is 10.2 Å². The van der Waals surface area contributed by atoms with Crippen molar-refractivity contribution in [2.45, 2.75) is 37.5 Å². The molecule has 2 aromatic rings. The van der Waals surface area contributed by atoms with Gasteiger partial charge in [-0.05, 0) is 30.5 Å².